The van der Waals surface area contributed by atoms with Crippen molar-refractivity contribution in [2.24, 2.45) is 0 Å². The van der Waals surface area contributed by atoms with Gasteiger partial charge in [0.2, 0.25) is 0 Å². The highest BCUT2D eigenvalue weighted by Crippen LogP contribution is 2.26. The molecule has 29 heavy (non-hydrogen) atoms. The molecule has 5 N–H and O–H groups in total. The monoisotopic (exact) mass is 419 g/mol. The second-order valence-corrected chi connectivity index (χ2v) is 6.67. The molecule has 1 aromatic carbocycles. The molecule has 2 heterocycles. The Labute approximate surface area is 174 Å². The van der Waals surface area contributed by atoms with Gasteiger partial charge in [-0.25, -0.2) is 8.78 Å². The standard InChI is InChI=1S/C9H10F2.C4H9NO.C4H9N.C3H9N.CH2O2/c1-7-3-5-8(6-4-7)9(2,10)11;6-4-1-2-5-3-4;1-2-4-5-3-1;1-3-4-2;2-1-3/h3-6H,1-2H3;4-6H,1-3H2;5H,1-4H2;4H,3H2,1-2H3;1H,(H,2,3). The highest BCUT2D eigenvalue weighted by molar-refractivity contribution is 5.32. The van der Waals surface area contributed by atoms with Gasteiger partial charge in [0.15, 0.2) is 0 Å². The molecule has 0 aromatic heterocycles. The molecule has 170 valence electrons. The van der Waals surface area contributed by atoms with Gasteiger partial charge in [0.05, 0.1) is 6.10 Å². The minimum absolute atomic E-state index is 0.0648. The summed E-state index contributed by atoms with van der Waals surface area (Å²) in [5.41, 5.74) is 1.07. The van der Waals surface area contributed by atoms with Crippen molar-refractivity contribution in [1.29, 1.82) is 0 Å². The van der Waals surface area contributed by atoms with E-state index in [1.807, 2.05) is 14.0 Å². The average Bonchev–Trinajstić information content (AvgIpc) is 3.39. The normalized spacial score (nSPS) is 17.1. The average molecular weight is 420 g/mol. The Balaban J connectivity index is 0. The van der Waals surface area contributed by atoms with Crippen molar-refractivity contribution in [2.75, 3.05) is 39.8 Å². The smallest absolute Gasteiger partial charge is 0.290 e. The number of rotatable bonds is 2. The van der Waals surface area contributed by atoms with Crippen LogP contribution in [0, 0.1) is 6.92 Å². The van der Waals surface area contributed by atoms with Crippen LogP contribution >= 0.6 is 0 Å². The first-order valence-corrected chi connectivity index (χ1v) is 9.99. The van der Waals surface area contributed by atoms with Crippen LogP contribution in [0.5, 0.6) is 0 Å². The molecular weight excluding hydrogens is 380 g/mol. The molecule has 6 nitrogen and oxygen atoms in total. The Morgan fingerprint density at radius 3 is 1.86 bits per heavy atom. The van der Waals surface area contributed by atoms with E-state index < -0.39 is 5.92 Å². The molecule has 3 rings (SSSR count). The van der Waals surface area contributed by atoms with E-state index in [-0.39, 0.29) is 18.1 Å². The maximum atomic E-state index is 12.6. The van der Waals surface area contributed by atoms with Gasteiger partial charge in [-0.05, 0) is 59.4 Å². The first kappa shape index (κ1) is 29.6. The van der Waals surface area contributed by atoms with Crippen molar-refractivity contribution in [3.8, 4) is 0 Å². The first-order chi connectivity index (χ1) is 13.7. The van der Waals surface area contributed by atoms with Gasteiger partial charge in [0, 0.05) is 19.0 Å². The summed E-state index contributed by atoms with van der Waals surface area (Å²) in [6.45, 7) is 9.94. The van der Waals surface area contributed by atoms with Gasteiger partial charge in [-0.2, -0.15) is 0 Å². The molecule has 0 spiro atoms. The lowest BCUT2D eigenvalue weighted by Gasteiger charge is -2.09. The first-order valence-electron chi connectivity index (χ1n) is 9.99. The molecule has 0 radical (unpaired) electrons. The minimum Gasteiger partial charge on any atom is -0.483 e. The zero-order valence-corrected chi connectivity index (χ0v) is 18.2. The number of carbonyl (C=O) groups is 1. The number of alkyl halides is 2. The van der Waals surface area contributed by atoms with Crippen molar-refractivity contribution in [3.05, 3.63) is 35.4 Å². The van der Waals surface area contributed by atoms with E-state index >= 15 is 0 Å². The van der Waals surface area contributed by atoms with Gasteiger partial charge in [0.1, 0.15) is 0 Å². The van der Waals surface area contributed by atoms with E-state index in [4.69, 9.17) is 15.0 Å². The molecule has 0 amide bonds. The maximum Gasteiger partial charge on any atom is 0.290 e. The number of hydrogen-bond donors (Lipinski definition) is 5. The van der Waals surface area contributed by atoms with Gasteiger partial charge in [-0.3, -0.25) is 4.79 Å². The molecule has 0 aliphatic carbocycles. The summed E-state index contributed by atoms with van der Waals surface area (Å²) >= 11 is 0. The van der Waals surface area contributed by atoms with Crippen molar-refractivity contribution >= 4 is 6.47 Å². The van der Waals surface area contributed by atoms with Crippen LogP contribution in [-0.2, 0) is 10.7 Å². The molecule has 2 fully saturated rings. The van der Waals surface area contributed by atoms with Crippen LogP contribution in [0.25, 0.3) is 0 Å². The van der Waals surface area contributed by atoms with E-state index in [2.05, 4.69) is 22.9 Å². The van der Waals surface area contributed by atoms with Crippen LogP contribution in [-0.4, -0.2) is 62.6 Å². The van der Waals surface area contributed by atoms with Crippen LogP contribution in [0.3, 0.4) is 0 Å². The fraction of sp³-hybridized carbons (Fsp3) is 0.667. The molecule has 2 saturated heterocycles. The van der Waals surface area contributed by atoms with E-state index in [9.17, 15) is 8.78 Å². The molecule has 2 aliphatic rings. The number of hydrogen-bond acceptors (Lipinski definition) is 5. The number of aliphatic hydroxyl groups is 1. The van der Waals surface area contributed by atoms with Crippen molar-refractivity contribution in [3.63, 3.8) is 0 Å². The number of β-amino-alcohol motifs (C(OH)–C–C–N with tert-alkyl or cyclic N) is 1. The zero-order chi connectivity index (χ0) is 22.5. The van der Waals surface area contributed by atoms with E-state index in [1.165, 1.54) is 38.1 Å². The zero-order valence-electron chi connectivity index (χ0n) is 18.2. The number of aryl methyl sites for hydroxylation is 1. The SMILES string of the molecule is C1CCNC1.CCNC.Cc1ccc(C(C)(F)F)cc1.O=CO.OC1CCNC1. The molecule has 2 aliphatic heterocycles. The number of benzene rings is 1. The predicted molar refractivity (Wildman–Crippen MR) is 115 cm³/mol. The summed E-state index contributed by atoms with van der Waals surface area (Å²) in [6, 6.07) is 6.28. The molecule has 1 aromatic rings. The largest absolute Gasteiger partial charge is 0.483 e. The van der Waals surface area contributed by atoms with Gasteiger partial charge in [0.25, 0.3) is 12.4 Å². The molecule has 1 unspecified atom stereocenters. The number of halogens is 2. The van der Waals surface area contributed by atoms with Gasteiger partial charge in [-0.1, -0.05) is 36.8 Å². The van der Waals surface area contributed by atoms with E-state index in [0.29, 0.717) is 0 Å². The Hall–Kier alpha value is -1.61. The quantitative estimate of drug-likeness (QED) is 0.474. The fourth-order valence-electron chi connectivity index (χ4n) is 2.11. The summed E-state index contributed by atoms with van der Waals surface area (Å²) in [5.74, 6) is -2.71. The summed E-state index contributed by atoms with van der Waals surface area (Å²) in [4.78, 5) is 8.36. The van der Waals surface area contributed by atoms with Gasteiger partial charge < -0.3 is 26.2 Å². The Morgan fingerprint density at radius 1 is 1.17 bits per heavy atom. The Bertz CT molecular complexity index is 463. The van der Waals surface area contributed by atoms with E-state index in [1.54, 1.807) is 12.1 Å². The molecule has 0 saturated carbocycles. The van der Waals surface area contributed by atoms with Crippen LogP contribution in [0.15, 0.2) is 24.3 Å². The third-order valence-corrected chi connectivity index (χ3v) is 3.90. The van der Waals surface area contributed by atoms with Crippen LogP contribution < -0.4 is 16.0 Å². The van der Waals surface area contributed by atoms with Crippen molar-refractivity contribution < 1.29 is 23.8 Å². The number of aliphatic hydroxyl groups excluding tert-OH is 1. The predicted octanol–water partition coefficient (Wildman–Crippen LogP) is 2.74. The fourth-order valence-corrected chi connectivity index (χ4v) is 2.11. The lowest BCUT2D eigenvalue weighted by molar-refractivity contribution is -0.122. The maximum absolute atomic E-state index is 12.6. The van der Waals surface area contributed by atoms with Crippen LogP contribution in [0.2, 0.25) is 0 Å². The number of carboxylic acid groups (broad SMARTS) is 1. The molecular formula is C21H39F2N3O3. The molecule has 8 heteroatoms. The minimum atomic E-state index is -2.71. The second kappa shape index (κ2) is 19.7. The third kappa shape index (κ3) is 20.9. The summed E-state index contributed by atoms with van der Waals surface area (Å²) < 4.78 is 25.2. The lowest BCUT2D eigenvalue weighted by atomic mass is 10.1. The van der Waals surface area contributed by atoms with Gasteiger partial charge >= 0.3 is 0 Å². The van der Waals surface area contributed by atoms with Crippen LogP contribution in [0.4, 0.5) is 8.78 Å². The highest BCUT2D eigenvalue weighted by atomic mass is 19.3. The van der Waals surface area contributed by atoms with Gasteiger partial charge in [-0.15, -0.1) is 0 Å². The van der Waals surface area contributed by atoms with Crippen LogP contribution in [0.1, 0.15) is 44.2 Å². The molecule has 1 atom stereocenters. The Morgan fingerprint density at radius 2 is 1.66 bits per heavy atom. The second-order valence-electron chi connectivity index (χ2n) is 6.67. The lowest BCUT2D eigenvalue weighted by Crippen LogP contribution is -2.11. The molecule has 0 bridgehead atoms. The Kier molecular flexibility index (Phi) is 20.1. The summed E-state index contributed by atoms with van der Waals surface area (Å²) in [7, 11) is 1.93. The number of nitrogens with one attached hydrogen (secondary N) is 3. The summed E-state index contributed by atoms with van der Waals surface area (Å²) in [5, 5.41) is 24.7. The van der Waals surface area contributed by atoms with Crippen molar-refractivity contribution in [2.45, 2.75) is 52.1 Å². The third-order valence-electron chi connectivity index (χ3n) is 3.90. The highest BCUT2D eigenvalue weighted by Gasteiger charge is 2.23. The summed E-state index contributed by atoms with van der Waals surface area (Å²) in [6.07, 6.45) is 3.64. The topological polar surface area (TPSA) is 93.6 Å². The van der Waals surface area contributed by atoms with Crippen molar-refractivity contribution in [1.82, 2.24) is 16.0 Å². The van der Waals surface area contributed by atoms with E-state index in [0.717, 1.165) is 38.5 Å².